The molecular weight excluding hydrogens is 186 g/mol. The first-order valence-corrected chi connectivity index (χ1v) is 5.78. The molecule has 1 aromatic rings. The van der Waals surface area contributed by atoms with Gasteiger partial charge in [0, 0.05) is 12.2 Å². The standard InChI is InChI=1S/C12H23N3/c1-5-6-7-10(2)15-9-14-8-11(15)12(3,4)13/h8-10H,5-7,13H2,1-4H3. The lowest BCUT2D eigenvalue weighted by Crippen LogP contribution is -2.32. The summed E-state index contributed by atoms with van der Waals surface area (Å²) in [7, 11) is 0. The Hall–Kier alpha value is -0.830. The van der Waals surface area contributed by atoms with Crippen LogP contribution in [0.15, 0.2) is 12.5 Å². The van der Waals surface area contributed by atoms with Gasteiger partial charge >= 0.3 is 0 Å². The van der Waals surface area contributed by atoms with Crippen LogP contribution in [0.1, 0.15) is 58.7 Å². The van der Waals surface area contributed by atoms with Crippen LogP contribution in [0.25, 0.3) is 0 Å². The van der Waals surface area contributed by atoms with Crippen molar-refractivity contribution in [3.8, 4) is 0 Å². The molecule has 1 heterocycles. The quantitative estimate of drug-likeness (QED) is 0.810. The minimum Gasteiger partial charge on any atom is -0.330 e. The molecule has 1 rings (SSSR count). The summed E-state index contributed by atoms with van der Waals surface area (Å²) in [5.74, 6) is 0. The summed E-state index contributed by atoms with van der Waals surface area (Å²) in [4.78, 5) is 4.20. The maximum atomic E-state index is 6.11. The Kier molecular flexibility index (Phi) is 3.91. The number of nitrogens with two attached hydrogens (primary N) is 1. The predicted octanol–water partition coefficient (Wildman–Crippen LogP) is 2.83. The molecule has 15 heavy (non-hydrogen) atoms. The van der Waals surface area contributed by atoms with Crippen LogP contribution in [0.3, 0.4) is 0 Å². The van der Waals surface area contributed by atoms with Crippen molar-refractivity contribution < 1.29 is 0 Å². The van der Waals surface area contributed by atoms with E-state index in [4.69, 9.17) is 5.73 Å². The SMILES string of the molecule is CCCCC(C)n1cncc1C(C)(C)N. The van der Waals surface area contributed by atoms with E-state index in [1.54, 1.807) is 0 Å². The molecule has 2 N–H and O–H groups in total. The average molecular weight is 209 g/mol. The van der Waals surface area contributed by atoms with Gasteiger partial charge in [0.25, 0.3) is 0 Å². The molecule has 0 saturated carbocycles. The van der Waals surface area contributed by atoms with Crippen molar-refractivity contribution in [2.75, 3.05) is 0 Å². The Morgan fingerprint density at radius 1 is 1.53 bits per heavy atom. The molecule has 1 unspecified atom stereocenters. The van der Waals surface area contributed by atoms with E-state index in [0.29, 0.717) is 6.04 Å². The van der Waals surface area contributed by atoms with Gasteiger partial charge in [0.15, 0.2) is 0 Å². The first-order chi connectivity index (χ1) is 6.96. The van der Waals surface area contributed by atoms with Crippen molar-refractivity contribution in [1.82, 2.24) is 9.55 Å². The molecule has 1 aromatic heterocycles. The Morgan fingerprint density at radius 2 is 2.20 bits per heavy atom. The fraction of sp³-hybridized carbons (Fsp3) is 0.750. The first kappa shape index (κ1) is 12.2. The molecule has 3 nitrogen and oxygen atoms in total. The van der Waals surface area contributed by atoms with Crippen LogP contribution < -0.4 is 5.73 Å². The van der Waals surface area contributed by atoms with Crippen molar-refractivity contribution in [2.24, 2.45) is 5.73 Å². The first-order valence-electron chi connectivity index (χ1n) is 5.78. The molecule has 0 saturated heterocycles. The van der Waals surface area contributed by atoms with E-state index >= 15 is 0 Å². The van der Waals surface area contributed by atoms with Crippen LogP contribution in [0, 0.1) is 0 Å². The van der Waals surface area contributed by atoms with Crippen LogP contribution in [-0.4, -0.2) is 9.55 Å². The summed E-state index contributed by atoms with van der Waals surface area (Å²) in [5, 5.41) is 0. The Morgan fingerprint density at radius 3 is 2.73 bits per heavy atom. The van der Waals surface area contributed by atoms with E-state index in [-0.39, 0.29) is 5.54 Å². The van der Waals surface area contributed by atoms with Crippen molar-refractivity contribution in [2.45, 2.75) is 58.5 Å². The maximum Gasteiger partial charge on any atom is 0.0951 e. The highest BCUT2D eigenvalue weighted by Gasteiger charge is 2.20. The topological polar surface area (TPSA) is 43.8 Å². The second-order valence-corrected chi connectivity index (χ2v) is 4.90. The van der Waals surface area contributed by atoms with Crippen LogP contribution in [-0.2, 0) is 5.54 Å². The second-order valence-electron chi connectivity index (χ2n) is 4.90. The molecule has 0 bridgehead atoms. The molecule has 1 atom stereocenters. The number of imidazole rings is 1. The van der Waals surface area contributed by atoms with Crippen molar-refractivity contribution in [3.05, 3.63) is 18.2 Å². The molecule has 0 amide bonds. The number of nitrogens with zero attached hydrogens (tertiary/aromatic N) is 2. The van der Waals surface area contributed by atoms with Gasteiger partial charge in [-0.1, -0.05) is 19.8 Å². The van der Waals surface area contributed by atoms with Gasteiger partial charge in [0.1, 0.15) is 0 Å². The molecule has 3 heteroatoms. The zero-order valence-corrected chi connectivity index (χ0v) is 10.3. The Labute approximate surface area is 92.7 Å². The molecule has 0 aliphatic heterocycles. The molecule has 0 spiro atoms. The zero-order chi connectivity index (χ0) is 11.5. The molecular formula is C12H23N3. The average Bonchev–Trinajstić information content (AvgIpc) is 2.61. The minimum atomic E-state index is -0.309. The third-order valence-corrected chi connectivity index (χ3v) is 2.78. The summed E-state index contributed by atoms with van der Waals surface area (Å²) in [6.45, 7) is 8.49. The summed E-state index contributed by atoms with van der Waals surface area (Å²) < 4.78 is 2.20. The van der Waals surface area contributed by atoms with Gasteiger partial charge in [-0.3, -0.25) is 0 Å². The van der Waals surface area contributed by atoms with E-state index in [1.807, 2.05) is 26.4 Å². The monoisotopic (exact) mass is 209 g/mol. The van der Waals surface area contributed by atoms with E-state index in [1.165, 1.54) is 19.3 Å². The van der Waals surface area contributed by atoms with Crippen molar-refractivity contribution >= 4 is 0 Å². The molecule has 0 fully saturated rings. The van der Waals surface area contributed by atoms with Crippen LogP contribution in [0.5, 0.6) is 0 Å². The summed E-state index contributed by atoms with van der Waals surface area (Å²) in [5.41, 5.74) is 6.92. The normalized spacial score (nSPS) is 14.2. The third kappa shape index (κ3) is 3.06. The second kappa shape index (κ2) is 4.79. The maximum absolute atomic E-state index is 6.11. The highest BCUT2D eigenvalue weighted by atomic mass is 15.1. The van der Waals surface area contributed by atoms with Gasteiger partial charge in [-0.2, -0.15) is 0 Å². The predicted molar refractivity (Wildman–Crippen MR) is 63.7 cm³/mol. The number of aromatic nitrogens is 2. The smallest absolute Gasteiger partial charge is 0.0951 e. The van der Waals surface area contributed by atoms with E-state index in [0.717, 1.165) is 5.69 Å². The lowest BCUT2D eigenvalue weighted by Gasteiger charge is -2.24. The Balaban J connectivity index is 2.81. The van der Waals surface area contributed by atoms with Crippen molar-refractivity contribution in [3.63, 3.8) is 0 Å². The van der Waals surface area contributed by atoms with Gasteiger partial charge in [-0.15, -0.1) is 0 Å². The lowest BCUT2D eigenvalue weighted by atomic mass is 10.0. The summed E-state index contributed by atoms with van der Waals surface area (Å²) >= 11 is 0. The van der Waals surface area contributed by atoms with E-state index in [9.17, 15) is 0 Å². The van der Waals surface area contributed by atoms with Gasteiger partial charge in [-0.05, 0) is 27.2 Å². The number of hydrogen-bond donors (Lipinski definition) is 1. The lowest BCUT2D eigenvalue weighted by molar-refractivity contribution is 0.424. The zero-order valence-electron chi connectivity index (χ0n) is 10.3. The minimum absolute atomic E-state index is 0.309. The highest BCUT2D eigenvalue weighted by molar-refractivity contribution is 5.10. The molecule has 0 aromatic carbocycles. The fourth-order valence-corrected chi connectivity index (χ4v) is 1.79. The largest absolute Gasteiger partial charge is 0.330 e. The van der Waals surface area contributed by atoms with Gasteiger partial charge in [-0.25, -0.2) is 4.98 Å². The number of rotatable bonds is 5. The van der Waals surface area contributed by atoms with Crippen LogP contribution in [0.4, 0.5) is 0 Å². The molecule has 0 aliphatic rings. The highest BCUT2D eigenvalue weighted by Crippen LogP contribution is 2.22. The van der Waals surface area contributed by atoms with Crippen LogP contribution >= 0.6 is 0 Å². The third-order valence-electron chi connectivity index (χ3n) is 2.78. The fourth-order valence-electron chi connectivity index (χ4n) is 1.79. The number of hydrogen-bond acceptors (Lipinski definition) is 2. The molecule has 0 aliphatic carbocycles. The Bertz CT molecular complexity index is 296. The van der Waals surface area contributed by atoms with E-state index in [2.05, 4.69) is 23.4 Å². The van der Waals surface area contributed by atoms with Crippen molar-refractivity contribution in [1.29, 1.82) is 0 Å². The van der Waals surface area contributed by atoms with Gasteiger partial charge in [0.2, 0.25) is 0 Å². The number of unbranched alkanes of at least 4 members (excludes halogenated alkanes) is 1. The summed E-state index contributed by atoms with van der Waals surface area (Å²) in [6.07, 6.45) is 7.45. The molecule has 0 radical (unpaired) electrons. The van der Waals surface area contributed by atoms with E-state index < -0.39 is 0 Å². The van der Waals surface area contributed by atoms with Crippen LogP contribution in [0.2, 0.25) is 0 Å². The van der Waals surface area contributed by atoms with Gasteiger partial charge < -0.3 is 10.3 Å². The molecule has 86 valence electrons. The van der Waals surface area contributed by atoms with Gasteiger partial charge in [0.05, 0.1) is 17.6 Å². The summed E-state index contributed by atoms with van der Waals surface area (Å²) in [6, 6.07) is 0.491.